The highest BCUT2D eigenvalue weighted by Gasteiger charge is 2.27. The van der Waals surface area contributed by atoms with Gasteiger partial charge in [-0.25, -0.2) is 0 Å². The first-order valence-electron chi connectivity index (χ1n) is 10.4. The highest BCUT2D eigenvalue weighted by Crippen LogP contribution is 2.24. The van der Waals surface area contributed by atoms with Gasteiger partial charge in [0.05, 0.1) is 18.8 Å². The van der Waals surface area contributed by atoms with E-state index in [-0.39, 0.29) is 6.04 Å². The van der Waals surface area contributed by atoms with Crippen LogP contribution in [0.5, 0.6) is 0 Å². The Morgan fingerprint density at radius 2 is 1.71 bits per heavy atom. The summed E-state index contributed by atoms with van der Waals surface area (Å²) in [6, 6.07) is 11.8. The van der Waals surface area contributed by atoms with Gasteiger partial charge in [-0.05, 0) is 26.0 Å². The van der Waals surface area contributed by atoms with Crippen molar-refractivity contribution in [3.63, 3.8) is 0 Å². The molecule has 3 aromatic heterocycles. The first-order chi connectivity index (χ1) is 15.2. The molecule has 0 bridgehead atoms. The van der Waals surface area contributed by atoms with E-state index in [1.165, 1.54) is 5.56 Å². The van der Waals surface area contributed by atoms with Gasteiger partial charge in [0.15, 0.2) is 5.76 Å². The molecule has 4 aromatic rings. The van der Waals surface area contributed by atoms with Crippen LogP contribution in [-0.2, 0) is 6.54 Å². The highest BCUT2D eigenvalue weighted by atomic mass is 16.5. The SMILES string of the molecule is Cc1ccc(-c2noc(C(C)N3CCN(Cc4nc(-c5ccco5)no4)CC3)n2)cc1. The van der Waals surface area contributed by atoms with Gasteiger partial charge < -0.3 is 13.5 Å². The van der Waals surface area contributed by atoms with Gasteiger partial charge in [0.2, 0.25) is 23.4 Å². The number of piperazine rings is 1. The summed E-state index contributed by atoms with van der Waals surface area (Å²) in [6.45, 7) is 8.35. The minimum absolute atomic E-state index is 0.0582. The van der Waals surface area contributed by atoms with Crippen LogP contribution in [0, 0.1) is 6.92 Å². The van der Waals surface area contributed by atoms with Crippen molar-refractivity contribution in [2.75, 3.05) is 26.2 Å². The lowest BCUT2D eigenvalue weighted by Gasteiger charge is -2.36. The number of aromatic nitrogens is 4. The van der Waals surface area contributed by atoms with Crippen molar-refractivity contribution in [1.82, 2.24) is 30.1 Å². The van der Waals surface area contributed by atoms with E-state index in [4.69, 9.17) is 13.5 Å². The van der Waals surface area contributed by atoms with E-state index in [2.05, 4.69) is 56.1 Å². The Bertz CT molecular complexity index is 1110. The molecule has 0 N–H and O–H groups in total. The van der Waals surface area contributed by atoms with E-state index in [0.29, 0.717) is 35.7 Å². The Morgan fingerprint density at radius 1 is 0.935 bits per heavy atom. The molecule has 5 rings (SSSR count). The predicted molar refractivity (Wildman–Crippen MR) is 112 cm³/mol. The maximum absolute atomic E-state index is 5.57. The quantitative estimate of drug-likeness (QED) is 0.464. The Kier molecular flexibility index (Phi) is 5.35. The maximum atomic E-state index is 5.57. The molecular weight excluding hydrogens is 396 g/mol. The van der Waals surface area contributed by atoms with Crippen LogP contribution in [-0.4, -0.2) is 56.3 Å². The molecule has 160 valence electrons. The zero-order valence-corrected chi connectivity index (χ0v) is 17.6. The summed E-state index contributed by atoms with van der Waals surface area (Å²) in [4.78, 5) is 13.7. The fraction of sp³-hybridized carbons (Fsp3) is 0.364. The molecule has 0 amide bonds. The minimum atomic E-state index is 0.0582. The summed E-state index contributed by atoms with van der Waals surface area (Å²) < 4.78 is 16.3. The largest absolute Gasteiger partial charge is 0.461 e. The second kappa shape index (κ2) is 8.44. The maximum Gasteiger partial charge on any atom is 0.244 e. The van der Waals surface area contributed by atoms with Crippen molar-refractivity contribution in [3.8, 4) is 23.0 Å². The summed E-state index contributed by atoms with van der Waals surface area (Å²) >= 11 is 0. The Balaban J connectivity index is 1.16. The standard InChI is InChI=1S/C22H24N6O3/c1-15-5-7-17(8-6-15)20-24-22(31-25-20)16(2)28-11-9-27(10-12-28)14-19-23-21(26-30-19)18-4-3-13-29-18/h3-8,13,16H,9-12,14H2,1-2H3. The Hall–Kier alpha value is -3.30. The second-order valence-corrected chi connectivity index (χ2v) is 7.80. The lowest BCUT2D eigenvalue weighted by Crippen LogP contribution is -2.46. The number of hydrogen-bond donors (Lipinski definition) is 0. The predicted octanol–water partition coefficient (Wildman–Crippen LogP) is 3.57. The zero-order chi connectivity index (χ0) is 21.2. The van der Waals surface area contributed by atoms with Crippen molar-refractivity contribution in [2.24, 2.45) is 0 Å². The van der Waals surface area contributed by atoms with Crippen molar-refractivity contribution in [2.45, 2.75) is 26.4 Å². The number of benzene rings is 1. The van der Waals surface area contributed by atoms with Gasteiger partial charge in [-0.2, -0.15) is 9.97 Å². The molecule has 1 atom stereocenters. The van der Waals surface area contributed by atoms with E-state index in [0.717, 1.165) is 31.7 Å². The van der Waals surface area contributed by atoms with Gasteiger partial charge in [0, 0.05) is 31.7 Å². The third-order valence-electron chi connectivity index (χ3n) is 5.63. The van der Waals surface area contributed by atoms with Gasteiger partial charge >= 0.3 is 0 Å². The first kappa shape index (κ1) is 19.7. The molecule has 0 radical (unpaired) electrons. The van der Waals surface area contributed by atoms with Crippen molar-refractivity contribution in [3.05, 3.63) is 60.0 Å². The first-order valence-corrected chi connectivity index (χ1v) is 10.4. The van der Waals surface area contributed by atoms with Gasteiger partial charge in [-0.3, -0.25) is 9.80 Å². The van der Waals surface area contributed by atoms with E-state index < -0.39 is 0 Å². The lowest BCUT2D eigenvalue weighted by atomic mass is 10.1. The molecule has 0 spiro atoms. The second-order valence-electron chi connectivity index (χ2n) is 7.80. The number of nitrogens with zero attached hydrogens (tertiary/aromatic N) is 6. The van der Waals surface area contributed by atoms with Crippen LogP contribution in [0.3, 0.4) is 0 Å². The summed E-state index contributed by atoms with van der Waals surface area (Å²) in [5.41, 5.74) is 2.17. The molecule has 9 nitrogen and oxygen atoms in total. The average molecular weight is 420 g/mol. The van der Waals surface area contributed by atoms with Crippen LogP contribution in [0.1, 0.15) is 30.3 Å². The highest BCUT2D eigenvalue weighted by molar-refractivity contribution is 5.54. The van der Waals surface area contributed by atoms with Crippen LogP contribution < -0.4 is 0 Å². The van der Waals surface area contributed by atoms with Crippen LogP contribution in [0.15, 0.2) is 56.1 Å². The van der Waals surface area contributed by atoms with Crippen molar-refractivity contribution < 1.29 is 13.5 Å². The number of furan rings is 1. The average Bonchev–Trinajstić information content (AvgIpc) is 3.56. The Labute approximate surface area is 179 Å². The normalized spacial score (nSPS) is 16.6. The smallest absolute Gasteiger partial charge is 0.244 e. The van der Waals surface area contributed by atoms with E-state index >= 15 is 0 Å². The summed E-state index contributed by atoms with van der Waals surface area (Å²) in [5.74, 6) is 2.95. The summed E-state index contributed by atoms with van der Waals surface area (Å²) in [6.07, 6.45) is 1.60. The topological polar surface area (TPSA) is 97.5 Å². The molecule has 1 unspecified atom stereocenters. The van der Waals surface area contributed by atoms with E-state index in [1.54, 1.807) is 12.3 Å². The zero-order valence-electron chi connectivity index (χ0n) is 17.6. The van der Waals surface area contributed by atoms with E-state index in [1.807, 2.05) is 18.2 Å². The molecule has 1 aliphatic rings. The molecule has 0 saturated carbocycles. The number of rotatable bonds is 6. The molecule has 1 fully saturated rings. The third-order valence-corrected chi connectivity index (χ3v) is 5.63. The van der Waals surface area contributed by atoms with Crippen LogP contribution in [0.4, 0.5) is 0 Å². The summed E-state index contributed by atoms with van der Waals surface area (Å²) in [5, 5.41) is 8.16. The van der Waals surface area contributed by atoms with Crippen molar-refractivity contribution >= 4 is 0 Å². The molecule has 0 aliphatic carbocycles. The molecular formula is C22H24N6O3. The monoisotopic (exact) mass is 420 g/mol. The fourth-order valence-electron chi connectivity index (χ4n) is 3.71. The molecule has 1 aromatic carbocycles. The van der Waals surface area contributed by atoms with Gasteiger partial charge in [0.1, 0.15) is 0 Å². The molecule has 1 saturated heterocycles. The molecule has 31 heavy (non-hydrogen) atoms. The molecule has 1 aliphatic heterocycles. The minimum Gasteiger partial charge on any atom is -0.461 e. The molecule has 9 heteroatoms. The van der Waals surface area contributed by atoms with Crippen LogP contribution in [0.25, 0.3) is 23.0 Å². The van der Waals surface area contributed by atoms with E-state index in [9.17, 15) is 0 Å². The third kappa shape index (κ3) is 4.28. The van der Waals surface area contributed by atoms with Gasteiger partial charge in [-0.15, -0.1) is 0 Å². The fourth-order valence-corrected chi connectivity index (χ4v) is 3.71. The van der Waals surface area contributed by atoms with Crippen molar-refractivity contribution in [1.29, 1.82) is 0 Å². The van der Waals surface area contributed by atoms with Crippen LogP contribution >= 0.6 is 0 Å². The van der Waals surface area contributed by atoms with Crippen LogP contribution in [0.2, 0.25) is 0 Å². The summed E-state index contributed by atoms with van der Waals surface area (Å²) in [7, 11) is 0. The number of hydrogen-bond acceptors (Lipinski definition) is 9. The number of aryl methyl sites for hydroxylation is 1. The van der Waals surface area contributed by atoms with Gasteiger partial charge in [-0.1, -0.05) is 40.1 Å². The lowest BCUT2D eigenvalue weighted by molar-refractivity contribution is 0.0785. The molecule has 4 heterocycles. The Morgan fingerprint density at radius 3 is 2.45 bits per heavy atom. The van der Waals surface area contributed by atoms with Gasteiger partial charge in [0.25, 0.3) is 0 Å².